The number of hydrogen-bond donors (Lipinski definition) is 0. The van der Waals surface area contributed by atoms with E-state index in [-0.39, 0.29) is 17.3 Å². The highest BCUT2D eigenvalue weighted by Gasteiger charge is 2.19. The Morgan fingerprint density at radius 3 is 2.04 bits per heavy atom. The molecular weight excluding hydrogens is 304 g/mol. The fraction of sp³-hybridized carbons (Fsp3) is 0.100. The lowest BCUT2D eigenvalue weighted by molar-refractivity contribution is -0.387. The van der Waals surface area contributed by atoms with Crippen molar-refractivity contribution in [1.82, 2.24) is 0 Å². The highest BCUT2D eigenvalue weighted by molar-refractivity contribution is 6.03. The summed E-state index contributed by atoms with van der Waals surface area (Å²) in [5.74, 6) is -1.65. The average molecular weight is 318 g/mol. The van der Waals surface area contributed by atoms with Gasteiger partial charge in [0, 0.05) is 11.5 Å². The molecule has 0 bridgehead atoms. The van der Waals surface area contributed by atoms with E-state index >= 15 is 0 Å². The van der Waals surface area contributed by atoms with E-state index in [1.165, 1.54) is 30.4 Å². The SMILES string of the molecule is O=C1C=CC(=C(c2ccccc2C(=O)[O-])C2C=CC([O-])C=C2)C=C1. The number of aromatic carboxylic acids is 1. The Labute approximate surface area is 139 Å². The van der Waals surface area contributed by atoms with Gasteiger partial charge in [-0.1, -0.05) is 66.8 Å². The third kappa shape index (κ3) is 3.19. The van der Waals surface area contributed by atoms with Gasteiger partial charge in [0.1, 0.15) is 0 Å². The molecule has 1 aromatic rings. The monoisotopic (exact) mass is 318 g/mol. The quantitative estimate of drug-likeness (QED) is 0.778. The molecule has 0 amide bonds. The molecule has 1 aromatic carbocycles. The number of carboxylic acids is 1. The summed E-state index contributed by atoms with van der Waals surface area (Å²) in [5.41, 5.74) is 2.03. The second-order valence-electron chi connectivity index (χ2n) is 5.53. The predicted molar refractivity (Wildman–Crippen MR) is 86.5 cm³/mol. The van der Waals surface area contributed by atoms with E-state index < -0.39 is 12.1 Å². The molecule has 0 radical (unpaired) electrons. The summed E-state index contributed by atoms with van der Waals surface area (Å²) in [7, 11) is 0. The van der Waals surface area contributed by atoms with Crippen LogP contribution in [-0.2, 0) is 4.79 Å². The molecule has 0 saturated heterocycles. The maximum Gasteiger partial charge on any atom is 0.178 e. The minimum Gasteiger partial charge on any atom is -0.846 e. The van der Waals surface area contributed by atoms with Crippen LogP contribution in [0.25, 0.3) is 5.57 Å². The van der Waals surface area contributed by atoms with Crippen LogP contribution in [0.1, 0.15) is 15.9 Å². The number of benzene rings is 1. The molecule has 2 aliphatic carbocycles. The largest absolute Gasteiger partial charge is 0.846 e. The van der Waals surface area contributed by atoms with E-state index in [1.807, 2.05) is 0 Å². The molecule has 120 valence electrons. The summed E-state index contributed by atoms with van der Waals surface area (Å²) in [6.45, 7) is 0. The molecule has 0 unspecified atom stereocenters. The van der Waals surface area contributed by atoms with Crippen molar-refractivity contribution in [1.29, 1.82) is 0 Å². The van der Waals surface area contributed by atoms with E-state index in [9.17, 15) is 19.8 Å². The fourth-order valence-electron chi connectivity index (χ4n) is 2.84. The molecule has 0 spiro atoms. The van der Waals surface area contributed by atoms with E-state index in [2.05, 4.69) is 0 Å². The first-order valence-electron chi connectivity index (χ1n) is 7.54. The van der Waals surface area contributed by atoms with Gasteiger partial charge < -0.3 is 15.0 Å². The Hall–Kier alpha value is -2.98. The number of rotatable bonds is 3. The van der Waals surface area contributed by atoms with Gasteiger partial charge in [-0.15, -0.1) is 0 Å². The molecule has 0 heterocycles. The number of carboxylic acid groups (broad SMARTS) is 1. The van der Waals surface area contributed by atoms with Gasteiger partial charge in [-0.05, 0) is 28.9 Å². The molecule has 0 N–H and O–H groups in total. The van der Waals surface area contributed by atoms with Crippen molar-refractivity contribution in [2.24, 2.45) is 5.92 Å². The van der Waals surface area contributed by atoms with Gasteiger partial charge in [-0.25, -0.2) is 0 Å². The van der Waals surface area contributed by atoms with Crippen molar-refractivity contribution in [3.05, 3.63) is 89.6 Å². The summed E-state index contributed by atoms with van der Waals surface area (Å²) in [6.07, 6.45) is 11.9. The van der Waals surface area contributed by atoms with Gasteiger partial charge in [0.2, 0.25) is 0 Å². The molecule has 3 rings (SSSR count). The summed E-state index contributed by atoms with van der Waals surface area (Å²) in [6, 6.07) is 6.57. The summed E-state index contributed by atoms with van der Waals surface area (Å²) in [4.78, 5) is 22.9. The van der Waals surface area contributed by atoms with Crippen LogP contribution in [0.4, 0.5) is 0 Å². The highest BCUT2D eigenvalue weighted by atomic mass is 16.4. The number of ketones is 1. The van der Waals surface area contributed by atoms with Gasteiger partial charge in [-0.2, -0.15) is 0 Å². The average Bonchev–Trinajstić information content (AvgIpc) is 2.59. The maximum absolute atomic E-state index is 11.5. The predicted octanol–water partition coefficient (Wildman–Crippen LogP) is 0.970. The number of allylic oxidation sites excluding steroid dienone is 8. The zero-order chi connectivity index (χ0) is 17.1. The highest BCUT2D eigenvalue weighted by Crippen LogP contribution is 2.34. The smallest absolute Gasteiger partial charge is 0.178 e. The standard InChI is InChI=1S/C20H15O4/c21-15-9-5-13(6-10-15)19(14-7-11-16(22)12-8-14)17-3-1-2-4-18(17)20(23)24/h1-13,15H,(H,23,24)/q-1/p-1. The second-order valence-corrected chi connectivity index (χ2v) is 5.53. The van der Waals surface area contributed by atoms with Crippen molar-refractivity contribution >= 4 is 17.3 Å². The van der Waals surface area contributed by atoms with Gasteiger partial charge in [0.15, 0.2) is 5.78 Å². The van der Waals surface area contributed by atoms with Crippen LogP contribution in [0.5, 0.6) is 0 Å². The van der Waals surface area contributed by atoms with E-state index in [0.717, 1.165) is 5.57 Å². The van der Waals surface area contributed by atoms with E-state index in [4.69, 9.17) is 0 Å². The zero-order valence-electron chi connectivity index (χ0n) is 12.7. The first-order valence-corrected chi connectivity index (χ1v) is 7.54. The van der Waals surface area contributed by atoms with Crippen LogP contribution in [0.15, 0.2) is 78.4 Å². The molecule has 0 aromatic heterocycles. The second kappa shape index (κ2) is 6.64. The van der Waals surface area contributed by atoms with Crippen molar-refractivity contribution in [3.8, 4) is 0 Å². The Balaban J connectivity index is 2.20. The normalized spacial score (nSPS) is 22.0. The van der Waals surface area contributed by atoms with Crippen molar-refractivity contribution in [2.75, 3.05) is 0 Å². The van der Waals surface area contributed by atoms with Crippen LogP contribution in [0.3, 0.4) is 0 Å². The Bertz CT molecular complexity index is 805. The van der Waals surface area contributed by atoms with Crippen molar-refractivity contribution < 1.29 is 19.8 Å². The maximum atomic E-state index is 11.5. The Morgan fingerprint density at radius 1 is 0.875 bits per heavy atom. The minimum atomic E-state index is -1.27. The first kappa shape index (κ1) is 15.9. The molecule has 0 saturated carbocycles. The summed E-state index contributed by atoms with van der Waals surface area (Å²) in [5, 5.41) is 23.0. The topological polar surface area (TPSA) is 80.3 Å². The third-order valence-electron chi connectivity index (χ3n) is 3.95. The van der Waals surface area contributed by atoms with Crippen LogP contribution in [0, 0.1) is 5.92 Å². The van der Waals surface area contributed by atoms with Crippen LogP contribution < -0.4 is 10.2 Å². The minimum absolute atomic E-state index is 0.0738. The number of carbonyl (C=O) groups excluding carboxylic acids is 2. The molecular formula is C20H14O4-2. The Kier molecular flexibility index (Phi) is 4.40. The van der Waals surface area contributed by atoms with Crippen LogP contribution in [0.2, 0.25) is 0 Å². The van der Waals surface area contributed by atoms with Gasteiger partial charge >= 0.3 is 0 Å². The lowest BCUT2D eigenvalue weighted by Gasteiger charge is -2.25. The molecule has 24 heavy (non-hydrogen) atoms. The van der Waals surface area contributed by atoms with Gasteiger partial charge in [-0.3, -0.25) is 4.79 Å². The number of hydrogen-bond acceptors (Lipinski definition) is 4. The molecule has 4 nitrogen and oxygen atoms in total. The van der Waals surface area contributed by atoms with Crippen LogP contribution in [-0.4, -0.2) is 17.9 Å². The number of carbonyl (C=O) groups is 2. The molecule has 0 fully saturated rings. The fourth-order valence-corrected chi connectivity index (χ4v) is 2.84. The molecule has 0 aliphatic heterocycles. The lowest BCUT2D eigenvalue weighted by Crippen LogP contribution is -2.25. The lowest BCUT2D eigenvalue weighted by atomic mass is 9.82. The summed E-state index contributed by atoms with van der Waals surface area (Å²) >= 11 is 0. The zero-order valence-corrected chi connectivity index (χ0v) is 12.7. The molecule has 0 atom stereocenters. The summed E-state index contributed by atoms with van der Waals surface area (Å²) < 4.78 is 0. The molecule has 4 heteroatoms. The van der Waals surface area contributed by atoms with Gasteiger partial charge in [0.25, 0.3) is 0 Å². The van der Waals surface area contributed by atoms with E-state index in [0.29, 0.717) is 11.1 Å². The van der Waals surface area contributed by atoms with Crippen molar-refractivity contribution in [2.45, 2.75) is 6.10 Å². The van der Waals surface area contributed by atoms with E-state index in [1.54, 1.807) is 42.5 Å². The third-order valence-corrected chi connectivity index (χ3v) is 3.95. The van der Waals surface area contributed by atoms with Gasteiger partial charge in [0.05, 0.1) is 5.97 Å². The Morgan fingerprint density at radius 2 is 1.46 bits per heavy atom. The van der Waals surface area contributed by atoms with Crippen LogP contribution >= 0.6 is 0 Å². The van der Waals surface area contributed by atoms with Crippen molar-refractivity contribution in [3.63, 3.8) is 0 Å². The first-order chi connectivity index (χ1) is 11.6. The molecule has 2 aliphatic rings.